The molecular formula is C23H20N2O6S. The number of benzene rings is 2. The molecule has 164 valence electrons. The minimum Gasteiger partial charge on any atom is -0.462 e. The van der Waals surface area contributed by atoms with Crippen molar-refractivity contribution < 1.29 is 28.4 Å². The number of hydrogen-bond donors (Lipinski definition) is 0. The molecule has 3 aromatic rings. The average molecular weight is 452 g/mol. The van der Waals surface area contributed by atoms with E-state index in [1.54, 1.807) is 44.2 Å². The van der Waals surface area contributed by atoms with Crippen LogP contribution in [0.1, 0.15) is 50.8 Å². The number of carbonyl (C=O) groups excluding carboxylic acids is 3. The van der Waals surface area contributed by atoms with Crippen molar-refractivity contribution >= 4 is 35.3 Å². The maximum atomic E-state index is 13.5. The van der Waals surface area contributed by atoms with Gasteiger partial charge in [0.15, 0.2) is 11.5 Å². The summed E-state index contributed by atoms with van der Waals surface area (Å²) in [6, 6.07) is 13.8. The Morgan fingerprint density at radius 3 is 2.53 bits per heavy atom. The molecule has 32 heavy (non-hydrogen) atoms. The van der Waals surface area contributed by atoms with Gasteiger partial charge < -0.3 is 14.0 Å². The smallest absolute Gasteiger partial charge is 0.360 e. The third-order valence-electron chi connectivity index (χ3n) is 4.70. The second-order valence-electron chi connectivity index (χ2n) is 6.79. The Hall–Kier alpha value is -3.59. The van der Waals surface area contributed by atoms with Gasteiger partial charge in [-0.1, -0.05) is 29.1 Å². The standard InChI is InChI=1S/C23H20N2O6S/c1-3-29-22(27)14-9-10-20-18(11-14)25(21(26)16-7-5-6-8-19(16)32-20)13-15-12-17(24-31-15)23(28)30-4-2/h5-12H,3-4,13H2,1-2H3. The van der Waals surface area contributed by atoms with Crippen molar-refractivity contribution in [1.82, 2.24) is 5.16 Å². The number of amides is 1. The molecule has 1 amide bonds. The molecule has 0 radical (unpaired) electrons. The summed E-state index contributed by atoms with van der Waals surface area (Å²) >= 11 is 1.44. The molecule has 2 aromatic carbocycles. The Kier molecular flexibility index (Phi) is 6.27. The van der Waals surface area contributed by atoms with E-state index >= 15 is 0 Å². The maximum absolute atomic E-state index is 13.5. The number of anilines is 1. The molecule has 9 heteroatoms. The Bertz CT molecular complexity index is 1190. The Morgan fingerprint density at radius 1 is 1.00 bits per heavy atom. The summed E-state index contributed by atoms with van der Waals surface area (Å²) in [5, 5.41) is 3.75. The summed E-state index contributed by atoms with van der Waals surface area (Å²) in [5.74, 6) is -1.03. The molecule has 0 fully saturated rings. The highest BCUT2D eigenvalue weighted by atomic mass is 32.2. The van der Waals surface area contributed by atoms with Gasteiger partial charge in [0.1, 0.15) is 0 Å². The van der Waals surface area contributed by atoms with Crippen molar-refractivity contribution in [1.29, 1.82) is 0 Å². The van der Waals surface area contributed by atoms with Gasteiger partial charge in [-0.15, -0.1) is 0 Å². The second kappa shape index (κ2) is 9.27. The fourth-order valence-corrected chi connectivity index (χ4v) is 4.32. The molecule has 0 unspecified atom stereocenters. The summed E-state index contributed by atoms with van der Waals surface area (Å²) in [6.07, 6.45) is 0. The molecule has 0 bridgehead atoms. The van der Waals surface area contributed by atoms with Crippen molar-refractivity contribution in [3.8, 4) is 0 Å². The molecular weight excluding hydrogens is 432 g/mol. The third kappa shape index (κ3) is 4.24. The average Bonchev–Trinajstić information content (AvgIpc) is 3.23. The van der Waals surface area contributed by atoms with E-state index in [-0.39, 0.29) is 31.4 Å². The van der Waals surface area contributed by atoms with Gasteiger partial charge in [-0.05, 0) is 44.2 Å². The van der Waals surface area contributed by atoms with Crippen LogP contribution < -0.4 is 4.90 Å². The van der Waals surface area contributed by atoms with E-state index in [2.05, 4.69) is 5.16 Å². The Labute approximate surface area is 188 Å². The van der Waals surface area contributed by atoms with Gasteiger partial charge in [0, 0.05) is 15.9 Å². The highest BCUT2D eigenvalue weighted by Gasteiger charge is 2.29. The summed E-state index contributed by atoms with van der Waals surface area (Å²) in [5.41, 5.74) is 1.42. The molecule has 2 heterocycles. The van der Waals surface area contributed by atoms with E-state index in [9.17, 15) is 14.4 Å². The molecule has 0 N–H and O–H groups in total. The predicted molar refractivity (Wildman–Crippen MR) is 116 cm³/mol. The zero-order valence-electron chi connectivity index (χ0n) is 17.5. The van der Waals surface area contributed by atoms with E-state index in [0.717, 1.165) is 9.79 Å². The van der Waals surface area contributed by atoms with Gasteiger partial charge in [0.25, 0.3) is 5.91 Å². The zero-order chi connectivity index (χ0) is 22.7. The van der Waals surface area contributed by atoms with Crippen LogP contribution in [0, 0.1) is 0 Å². The first-order valence-corrected chi connectivity index (χ1v) is 10.9. The van der Waals surface area contributed by atoms with Gasteiger partial charge in [0.2, 0.25) is 0 Å². The second-order valence-corrected chi connectivity index (χ2v) is 7.88. The highest BCUT2D eigenvalue weighted by Crippen LogP contribution is 2.42. The predicted octanol–water partition coefficient (Wildman–Crippen LogP) is 4.34. The fourth-order valence-electron chi connectivity index (χ4n) is 3.26. The van der Waals surface area contributed by atoms with Gasteiger partial charge in [-0.3, -0.25) is 9.69 Å². The number of rotatable bonds is 6. The number of ether oxygens (including phenoxy) is 2. The van der Waals surface area contributed by atoms with Gasteiger partial charge in [-0.25, -0.2) is 9.59 Å². The molecule has 0 spiro atoms. The Morgan fingerprint density at radius 2 is 1.75 bits per heavy atom. The highest BCUT2D eigenvalue weighted by molar-refractivity contribution is 7.99. The van der Waals surface area contributed by atoms with E-state index in [4.69, 9.17) is 14.0 Å². The number of aromatic nitrogens is 1. The molecule has 0 aliphatic carbocycles. The molecule has 0 atom stereocenters. The van der Waals surface area contributed by atoms with E-state index in [1.807, 2.05) is 12.1 Å². The summed E-state index contributed by atoms with van der Waals surface area (Å²) < 4.78 is 15.4. The fraction of sp³-hybridized carbons (Fsp3) is 0.217. The van der Waals surface area contributed by atoms with Crippen LogP contribution in [0.5, 0.6) is 0 Å². The maximum Gasteiger partial charge on any atom is 0.360 e. The van der Waals surface area contributed by atoms with Crippen molar-refractivity contribution in [2.45, 2.75) is 30.2 Å². The number of fused-ring (bicyclic) bond motifs is 2. The van der Waals surface area contributed by atoms with Gasteiger partial charge in [0.05, 0.1) is 36.6 Å². The number of nitrogens with zero attached hydrogens (tertiary/aromatic N) is 2. The van der Waals surface area contributed by atoms with E-state index in [0.29, 0.717) is 22.6 Å². The van der Waals surface area contributed by atoms with Crippen LogP contribution in [0.25, 0.3) is 0 Å². The monoisotopic (exact) mass is 452 g/mol. The topological polar surface area (TPSA) is 98.9 Å². The first-order valence-electron chi connectivity index (χ1n) is 10.0. The zero-order valence-corrected chi connectivity index (χ0v) is 18.3. The number of hydrogen-bond acceptors (Lipinski definition) is 8. The first kappa shape index (κ1) is 21.6. The molecule has 4 rings (SSSR count). The lowest BCUT2D eigenvalue weighted by Gasteiger charge is -2.22. The molecule has 1 aliphatic rings. The molecule has 0 saturated heterocycles. The van der Waals surface area contributed by atoms with Crippen LogP contribution in [-0.4, -0.2) is 36.2 Å². The lowest BCUT2D eigenvalue weighted by molar-refractivity contribution is 0.0509. The van der Waals surface area contributed by atoms with Gasteiger partial charge in [-0.2, -0.15) is 0 Å². The lowest BCUT2D eigenvalue weighted by atomic mass is 10.1. The molecule has 0 saturated carbocycles. The van der Waals surface area contributed by atoms with Crippen LogP contribution in [0.15, 0.2) is 62.8 Å². The number of esters is 2. The molecule has 1 aliphatic heterocycles. The van der Waals surface area contributed by atoms with Crippen molar-refractivity contribution in [3.63, 3.8) is 0 Å². The Balaban J connectivity index is 1.75. The van der Waals surface area contributed by atoms with Crippen molar-refractivity contribution in [2.24, 2.45) is 0 Å². The SMILES string of the molecule is CCOC(=O)c1ccc2c(c1)N(Cc1cc(C(=O)OCC)no1)C(=O)c1ccccc1S2. The van der Waals surface area contributed by atoms with Crippen LogP contribution >= 0.6 is 11.8 Å². The van der Waals surface area contributed by atoms with Crippen molar-refractivity contribution in [2.75, 3.05) is 18.1 Å². The van der Waals surface area contributed by atoms with E-state index < -0.39 is 11.9 Å². The molecule has 8 nitrogen and oxygen atoms in total. The number of carbonyl (C=O) groups is 3. The third-order valence-corrected chi connectivity index (χ3v) is 5.84. The van der Waals surface area contributed by atoms with Crippen LogP contribution in [0.2, 0.25) is 0 Å². The quantitative estimate of drug-likeness (QED) is 0.510. The lowest BCUT2D eigenvalue weighted by Crippen LogP contribution is -2.30. The van der Waals surface area contributed by atoms with E-state index in [1.165, 1.54) is 22.7 Å². The minimum absolute atomic E-state index is 0.0133. The summed E-state index contributed by atoms with van der Waals surface area (Å²) in [7, 11) is 0. The molecule has 1 aromatic heterocycles. The van der Waals surface area contributed by atoms with Crippen LogP contribution in [0.4, 0.5) is 5.69 Å². The first-order chi connectivity index (χ1) is 15.5. The normalized spacial score (nSPS) is 12.6. The van der Waals surface area contributed by atoms with Gasteiger partial charge >= 0.3 is 11.9 Å². The van der Waals surface area contributed by atoms with Crippen LogP contribution in [-0.2, 0) is 16.0 Å². The summed E-state index contributed by atoms with van der Waals surface area (Å²) in [4.78, 5) is 40.8. The largest absolute Gasteiger partial charge is 0.462 e. The van der Waals surface area contributed by atoms with Crippen LogP contribution in [0.3, 0.4) is 0 Å². The van der Waals surface area contributed by atoms with Crippen molar-refractivity contribution in [3.05, 3.63) is 71.1 Å². The minimum atomic E-state index is -0.601. The summed E-state index contributed by atoms with van der Waals surface area (Å²) in [6.45, 7) is 3.90.